The van der Waals surface area contributed by atoms with Gasteiger partial charge in [-0.05, 0) is 18.9 Å². The molecule has 0 unspecified atom stereocenters. The highest BCUT2D eigenvalue weighted by atomic mass is 32.2. The van der Waals surface area contributed by atoms with Crippen LogP contribution in [0.2, 0.25) is 0 Å². The second-order valence-electron chi connectivity index (χ2n) is 5.09. The molecule has 118 valence electrons. The van der Waals surface area contributed by atoms with Crippen LogP contribution in [-0.2, 0) is 11.3 Å². The van der Waals surface area contributed by atoms with Gasteiger partial charge in [-0.25, -0.2) is 5.10 Å². The Bertz CT molecular complexity index is 611. The van der Waals surface area contributed by atoms with E-state index < -0.39 is 0 Å². The number of aryl methyl sites for hydroxylation is 1. The fourth-order valence-electron chi connectivity index (χ4n) is 2.02. The molecule has 0 spiro atoms. The number of nitrogens with one attached hydrogen (secondary N) is 1. The maximum atomic E-state index is 12.4. The van der Waals surface area contributed by atoms with Crippen molar-refractivity contribution in [3.8, 4) is 0 Å². The van der Waals surface area contributed by atoms with Gasteiger partial charge < -0.3 is 10.6 Å². The number of benzene rings is 1. The number of aromatic amines is 1. The maximum Gasteiger partial charge on any atom is 0.233 e. The number of nitrogens with two attached hydrogens (primary N) is 1. The molecule has 0 bridgehead atoms. The molecule has 0 saturated carbocycles. The van der Waals surface area contributed by atoms with Gasteiger partial charge in [0.2, 0.25) is 17.0 Å². The second-order valence-corrected chi connectivity index (χ2v) is 6.04. The molecule has 0 atom stereocenters. The smallest absolute Gasteiger partial charge is 0.233 e. The predicted molar refractivity (Wildman–Crippen MR) is 88.4 cm³/mol. The monoisotopic (exact) mass is 319 g/mol. The summed E-state index contributed by atoms with van der Waals surface area (Å²) in [5.41, 5.74) is 7.82. The summed E-state index contributed by atoms with van der Waals surface area (Å²) in [5.74, 6) is 0.652. The van der Waals surface area contributed by atoms with Gasteiger partial charge in [-0.15, -0.1) is 5.10 Å². The Kier molecular flexibility index (Phi) is 5.83. The van der Waals surface area contributed by atoms with Crippen LogP contribution in [0.3, 0.4) is 0 Å². The van der Waals surface area contributed by atoms with Gasteiger partial charge in [0.1, 0.15) is 0 Å². The predicted octanol–water partition coefficient (Wildman–Crippen LogP) is 2.23. The lowest BCUT2D eigenvalue weighted by atomic mass is 10.1. The van der Waals surface area contributed by atoms with Crippen LogP contribution in [0.1, 0.15) is 24.5 Å². The topological polar surface area (TPSA) is 87.9 Å². The molecule has 22 heavy (non-hydrogen) atoms. The van der Waals surface area contributed by atoms with Gasteiger partial charge in [0.25, 0.3) is 0 Å². The van der Waals surface area contributed by atoms with E-state index in [1.165, 1.54) is 17.3 Å². The van der Waals surface area contributed by atoms with Gasteiger partial charge in [0, 0.05) is 13.1 Å². The molecule has 0 aliphatic rings. The fourth-order valence-corrected chi connectivity index (χ4v) is 2.72. The molecular weight excluding hydrogens is 298 g/mol. The summed E-state index contributed by atoms with van der Waals surface area (Å²) in [7, 11) is 0. The van der Waals surface area contributed by atoms with Crippen LogP contribution >= 0.6 is 11.8 Å². The number of H-pyrrole nitrogens is 1. The molecule has 2 rings (SSSR count). The zero-order valence-electron chi connectivity index (χ0n) is 12.9. The molecule has 1 heterocycles. The van der Waals surface area contributed by atoms with Gasteiger partial charge in [-0.1, -0.05) is 48.5 Å². The van der Waals surface area contributed by atoms with Gasteiger partial charge in [-0.2, -0.15) is 4.98 Å². The van der Waals surface area contributed by atoms with E-state index in [9.17, 15) is 4.79 Å². The van der Waals surface area contributed by atoms with Crippen LogP contribution < -0.4 is 5.73 Å². The van der Waals surface area contributed by atoms with E-state index in [2.05, 4.69) is 53.3 Å². The number of hydrogen-bond donors (Lipinski definition) is 2. The number of rotatable bonds is 7. The van der Waals surface area contributed by atoms with Gasteiger partial charge in [0.15, 0.2) is 0 Å². The maximum absolute atomic E-state index is 12.4. The first kappa shape index (κ1) is 16.4. The number of hydrogen-bond acceptors (Lipinski definition) is 5. The van der Waals surface area contributed by atoms with Crippen LogP contribution in [0, 0.1) is 6.92 Å². The van der Waals surface area contributed by atoms with Crippen molar-refractivity contribution in [2.45, 2.75) is 32.0 Å². The Morgan fingerprint density at radius 3 is 2.68 bits per heavy atom. The summed E-state index contributed by atoms with van der Waals surface area (Å²) in [5, 5.41) is 6.98. The van der Waals surface area contributed by atoms with Gasteiger partial charge >= 0.3 is 0 Å². The molecule has 0 fully saturated rings. The van der Waals surface area contributed by atoms with Gasteiger partial charge in [0.05, 0.1) is 5.75 Å². The van der Waals surface area contributed by atoms with Crippen molar-refractivity contribution in [1.82, 2.24) is 20.1 Å². The number of carbonyl (C=O) groups is 1. The number of amides is 1. The van der Waals surface area contributed by atoms with Crippen molar-refractivity contribution in [1.29, 1.82) is 0 Å². The van der Waals surface area contributed by atoms with Crippen molar-refractivity contribution < 1.29 is 4.79 Å². The number of nitrogens with zero attached hydrogens (tertiary/aromatic N) is 3. The van der Waals surface area contributed by atoms with E-state index in [4.69, 9.17) is 5.73 Å². The van der Waals surface area contributed by atoms with Gasteiger partial charge in [-0.3, -0.25) is 4.79 Å². The fraction of sp³-hybridized carbons (Fsp3) is 0.400. The summed E-state index contributed by atoms with van der Waals surface area (Å²) >= 11 is 1.29. The zero-order valence-corrected chi connectivity index (χ0v) is 13.7. The highest BCUT2D eigenvalue weighted by Crippen LogP contribution is 2.15. The quantitative estimate of drug-likeness (QED) is 0.764. The van der Waals surface area contributed by atoms with Crippen LogP contribution in [0.25, 0.3) is 0 Å². The summed E-state index contributed by atoms with van der Waals surface area (Å²) in [6.45, 7) is 5.49. The van der Waals surface area contributed by atoms with Crippen LogP contribution in [-0.4, -0.2) is 38.3 Å². The average molecular weight is 319 g/mol. The molecule has 0 saturated heterocycles. The number of anilines is 1. The SMILES string of the molecule is CCCN(Cc1ccc(C)cc1)C(=O)CSc1n[nH]c(N)n1. The lowest BCUT2D eigenvalue weighted by Gasteiger charge is -2.22. The third-order valence-electron chi connectivity index (χ3n) is 3.15. The Labute approximate surface area is 134 Å². The molecule has 7 heteroatoms. The third kappa shape index (κ3) is 4.77. The van der Waals surface area contributed by atoms with Crippen molar-refractivity contribution in [2.75, 3.05) is 18.0 Å². The van der Waals surface area contributed by atoms with E-state index >= 15 is 0 Å². The summed E-state index contributed by atoms with van der Waals surface area (Å²) in [6.07, 6.45) is 0.926. The largest absolute Gasteiger partial charge is 0.368 e. The summed E-state index contributed by atoms with van der Waals surface area (Å²) in [6, 6.07) is 8.26. The molecule has 0 aliphatic carbocycles. The van der Waals surface area contributed by atoms with Crippen LogP contribution in [0.15, 0.2) is 29.4 Å². The summed E-state index contributed by atoms with van der Waals surface area (Å²) < 4.78 is 0. The Balaban J connectivity index is 1.94. The van der Waals surface area contributed by atoms with Crippen molar-refractivity contribution in [2.24, 2.45) is 0 Å². The minimum Gasteiger partial charge on any atom is -0.368 e. The Morgan fingerprint density at radius 2 is 2.09 bits per heavy atom. The van der Waals surface area contributed by atoms with Crippen molar-refractivity contribution >= 4 is 23.6 Å². The van der Waals surface area contributed by atoms with E-state index in [1.807, 2.05) is 4.90 Å². The lowest BCUT2D eigenvalue weighted by molar-refractivity contribution is -0.129. The second kappa shape index (κ2) is 7.84. The molecule has 0 radical (unpaired) electrons. The van der Waals surface area contributed by atoms with Crippen LogP contribution in [0.4, 0.5) is 5.95 Å². The third-order valence-corrected chi connectivity index (χ3v) is 3.98. The molecule has 0 aliphatic heterocycles. The number of nitrogen functional groups attached to an aromatic ring is 1. The minimum absolute atomic E-state index is 0.0794. The van der Waals surface area contributed by atoms with E-state index in [0.29, 0.717) is 17.5 Å². The normalized spacial score (nSPS) is 10.6. The number of thioether (sulfide) groups is 1. The minimum atomic E-state index is 0.0794. The van der Waals surface area contributed by atoms with E-state index in [0.717, 1.165) is 18.5 Å². The molecular formula is C15H21N5OS. The standard InChI is InChI=1S/C15H21N5OS/c1-3-8-20(9-12-6-4-11(2)5-7-12)13(21)10-22-15-17-14(16)18-19-15/h4-7H,3,8-10H2,1-2H3,(H3,16,17,18,19). The van der Waals surface area contributed by atoms with Crippen LogP contribution in [0.5, 0.6) is 0 Å². The zero-order chi connectivity index (χ0) is 15.9. The number of aromatic nitrogens is 3. The highest BCUT2D eigenvalue weighted by Gasteiger charge is 2.14. The first-order valence-corrected chi connectivity index (χ1v) is 8.21. The molecule has 2 aromatic rings. The van der Waals surface area contributed by atoms with E-state index in [1.54, 1.807) is 0 Å². The molecule has 6 nitrogen and oxygen atoms in total. The highest BCUT2D eigenvalue weighted by molar-refractivity contribution is 7.99. The van der Waals surface area contributed by atoms with Crippen molar-refractivity contribution in [3.63, 3.8) is 0 Å². The number of carbonyl (C=O) groups excluding carboxylic acids is 1. The Hall–Kier alpha value is -2.02. The molecule has 1 aromatic carbocycles. The first-order valence-electron chi connectivity index (χ1n) is 7.22. The van der Waals surface area contributed by atoms with Crippen molar-refractivity contribution in [3.05, 3.63) is 35.4 Å². The molecule has 1 aromatic heterocycles. The molecule has 3 N–H and O–H groups in total. The first-order chi connectivity index (χ1) is 10.6. The summed E-state index contributed by atoms with van der Waals surface area (Å²) in [4.78, 5) is 18.2. The Morgan fingerprint density at radius 1 is 1.36 bits per heavy atom. The average Bonchev–Trinajstić information content (AvgIpc) is 2.92. The lowest BCUT2D eigenvalue weighted by Crippen LogP contribution is -2.32. The molecule has 1 amide bonds. The van der Waals surface area contributed by atoms with E-state index in [-0.39, 0.29) is 11.9 Å².